The number of rotatable bonds is 57. The quantitative estimate of drug-likeness (QED) is 0.0261. The first-order valence-corrected chi connectivity index (χ1v) is 32.5. The Hall–Kier alpha value is -4.97. The van der Waals surface area contributed by atoms with Gasteiger partial charge in [-0.1, -0.05) is 281 Å². The predicted molar refractivity (Wildman–Crippen MR) is 348 cm³/mol. The van der Waals surface area contributed by atoms with Gasteiger partial charge in [0.2, 0.25) is 0 Å². The lowest BCUT2D eigenvalue weighted by Gasteiger charge is -2.18. The highest BCUT2D eigenvalue weighted by Gasteiger charge is 2.19. The van der Waals surface area contributed by atoms with E-state index in [2.05, 4.69) is 179 Å². The van der Waals surface area contributed by atoms with E-state index in [-0.39, 0.29) is 31.1 Å². The SMILES string of the molecule is CC/C=C\C/C=C\C/C=C\C/C=C\C/C=C\C/C=C\C/C=C\C/C=C\C/C=C\C/C=C\CCCCCCC(=O)OCC(COC(=O)CCCCCCCCCCCC)OC(=O)CCCCCCCCC/C=C\C/C=C\C/C=C\CC. The molecule has 0 aliphatic heterocycles. The van der Waals surface area contributed by atoms with E-state index >= 15 is 0 Å². The van der Waals surface area contributed by atoms with Gasteiger partial charge in [0.1, 0.15) is 13.2 Å². The van der Waals surface area contributed by atoms with Gasteiger partial charge in [-0.2, -0.15) is 0 Å². The molecule has 0 radical (unpaired) electrons. The molecular formula is C74H118O6. The summed E-state index contributed by atoms with van der Waals surface area (Å²) in [5.41, 5.74) is 0. The summed E-state index contributed by atoms with van der Waals surface area (Å²) in [6.07, 6.45) is 96.9. The van der Waals surface area contributed by atoms with Crippen molar-refractivity contribution in [1.82, 2.24) is 0 Å². The summed E-state index contributed by atoms with van der Waals surface area (Å²) in [6.45, 7) is 6.37. The molecule has 0 saturated heterocycles. The molecule has 0 N–H and O–H groups in total. The standard InChI is InChI=1S/C74H118O6/c1-4-7-10-13-16-19-22-24-26-28-29-30-31-32-33-34-35-36-37-38-39-40-41-42-43-44-45-47-48-50-52-55-58-61-64-67-73(76)79-70-71(69-78-72(75)66-63-60-57-54-21-18-15-12-9-6-3)80-74(77)68-65-62-59-56-53-51-49-46-27-25-23-20-17-14-11-8-5-2/h7-8,10-11,16-17,19-20,24-27,29-30,32-33,35-36,38-39,41-42,44-45,48,50,71H,4-6,9,12-15,18,21-23,28,31,34,37,40,43,46-47,49,51-70H2,1-3H3/b10-7-,11-8-,19-16-,20-17-,26-24-,27-25-,30-29-,33-32-,36-35-,39-38-,42-41-,45-44-,50-48-. The first kappa shape index (κ1) is 75.0. The van der Waals surface area contributed by atoms with Crippen LogP contribution >= 0.6 is 0 Å². The number of ether oxygens (including phenoxy) is 3. The Labute approximate surface area is 492 Å². The molecule has 1 unspecified atom stereocenters. The summed E-state index contributed by atoms with van der Waals surface area (Å²) in [7, 11) is 0. The Morgan fingerprint density at radius 2 is 0.487 bits per heavy atom. The molecule has 0 aliphatic rings. The van der Waals surface area contributed by atoms with Crippen LogP contribution in [-0.4, -0.2) is 37.2 Å². The molecule has 0 rings (SSSR count). The number of unbranched alkanes of at least 4 members (excludes halogenated alkanes) is 20. The summed E-state index contributed by atoms with van der Waals surface area (Å²) >= 11 is 0. The van der Waals surface area contributed by atoms with Crippen LogP contribution in [0.25, 0.3) is 0 Å². The zero-order valence-electron chi connectivity index (χ0n) is 51.5. The van der Waals surface area contributed by atoms with Gasteiger partial charge < -0.3 is 14.2 Å². The van der Waals surface area contributed by atoms with Crippen LogP contribution in [0.5, 0.6) is 0 Å². The molecule has 450 valence electrons. The highest BCUT2D eigenvalue weighted by atomic mass is 16.6. The van der Waals surface area contributed by atoms with E-state index in [9.17, 15) is 14.4 Å². The maximum atomic E-state index is 12.9. The van der Waals surface area contributed by atoms with Crippen LogP contribution < -0.4 is 0 Å². The Balaban J connectivity index is 4.29. The Bertz CT molecular complexity index is 1790. The fraction of sp³-hybridized carbons (Fsp3) is 0.608. The van der Waals surface area contributed by atoms with Gasteiger partial charge in [0.05, 0.1) is 0 Å². The van der Waals surface area contributed by atoms with Gasteiger partial charge in [-0.15, -0.1) is 0 Å². The van der Waals surface area contributed by atoms with Gasteiger partial charge in [-0.3, -0.25) is 14.4 Å². The van der Waals surface area contributed by atoms with E-state index in [0.29, 0.717) is 19.3 Å². The molecule has 0 heterocycles. The molecule has 0 aromatic rings. The van der Waals surface area contributed by atoms with E-state index in [4.69, 9.17) is 14.2 Å². The molecule has 0 aromatic carbocycles. The minimum absolute atomic E-state index is 0.0936. The summed E-state index contributed by atoms with van der Waals surface area (Å²) in [5, 5.41) is 0. The number of hydrogen-bond acceptors (Lipinski definition) is 6. The third-order valence-electron chi connectivity index (χ3n) is 13.3. The van der Waals surface area contributed by atoms with E-state index < -0.39 is 6.10 Å². The Kier molecular flexibility index (Phi) is 62.4. The molecule has 6 heteroatoms. The third-order valence-corrected chi connectivity index (χ3v) is 13.3. The van der Waals surface area contributed by atoms with Gasteiger partial charge in [0.15, 0.2) is 6.10 Å². The minimum atomic E-state index is -0.799. The smallest absolute Gasteiger partial charge is 0.306 e. The Morgan fingerprint density at radius 3 is 0.762 bits per heavy atom. The molecule has 0 bridgehead atoms. The van der Waals surface area contributed by atoms with Crippen LogP contribution in [0.15, 0.2) is 158 Å². The van der Waals surface area contributed by atoms with Gasteiger partial charge in [-0.25, -0.2) is 0 Å². The molecule has 0 aromatic heterocycles. The maximum Gasteiger partial charge on any atom is 0.306 e. The van der Waals surface area contributed by atoms with E-state index in [1.54, 1.807) is 0 Å². The zero-order valence-corrected chi connectivity index (χ0v) is 51.5. The fourth-order valence-electron chi connectivity index (χ4n) is 8.48. The van der Waals surface area contributed by atoms with E-state index in [1.165, 1.54) is 70.6 Å². The van der Waals surface area contributed by atoms with Gasteiger partial charge >= 0.3 is 17.9 Å². The average molecular weight is 1100 g/mol. The van der Waals surface area contributed by atoms with Crippen LogP contribution in [0.3, 0.4) is 0 Å². The summed E-state index contributed by atoms with van der Waals surface area (Å²) in [6, 6.07) is 0. The number of allylic oxidation sites excluding steroid dienone is 26. The average Bonchev–Trinajstić information content (AvgIpc) is 3.46. The normalized spacial score (nSPS) is 13.2. The number of carbonyl (C=O) groups excluding carboxylic acids is 3. The number of hydrogen-bond donors (Lipinski definition) is 0. The molecule has 0 amide bonds. The lowest BCUT2D eigenvalue weighted by atomic mass is 10.1. The van der Waals surface area contributed by atoms with Crippen molar-refractivity contribution in [2.75, 3.05) is 13.2 Å². The molecule has 0 fully saturated rings. The lowest BCUT2D eigenvalue weighted by Crippen LogP contribution is -2.30. The second-order valence-electron chi connectivity index (χ2n) is 20.9. The van der Waals surface area contributed by atoms with E-state index in [1.807, 2.05) is 0 Å². The van der Waals surface area contributed by atoms with Crippen LogP contribution in [0.1, 0.15) is 271 Å². The molecule has 0 saturated carbocycles. The van der Waals surface area contributed by atoms with Crippen molar-refractivity contribution in [3.05, 3.63) is 158 Å². The van der Waals surface area contributed by atoms with Crippen LogP contribution in [-0.2, 0) is 28.6 Å². The number of carbonyl (C=O) groups is 3. The highest BCUT2D eigenvalue weighted by Crippen LogP contribution is 2.15. The molecule has 0 aliphatic carbocycles. The van der Waals surface area contributed by atoms with Crippen molar-refractivity contribution in [3.63, 3.8) is 0 Å². The topological polar surface area (TPSA) is 78.9 Å². The van der Waals surface area contributed by atoms with Crippen molar-refractivity contribution in [1.29, 1.82) is 0 Å². The molecule has 0 spiro atoms. The summed E-state index contributed by atoms with van der Waals surface area (Å²) in [5.74, 6) is -0.934. The molecule has 6 nitrogen and oxygen atoms in total. The highest BCUT2D eigenvalue weighted by molar-refractivity contribution is 5.71. The molecular weight excluding hydrogens is 985 g/mol. The van der Waals surface area contributed by atoms with Crippen molar-refractivity contribution in [2.45, 2.75) is 277 Å². The van der Waals surface area contributed by atoms with Crippen LogP contribution in [0.2, 0.25) is 0 Å². The summed E-state index contributed by atoms with van der Waals surface area (Å²) < 4.78 is 16.8. The zero-order chi connectivity index (χ0) is 57.8. The summed E-state index contributed by atoms with van der Waals surface area (Å²) in [4.78, 5) is 38.2. The molecule has 1 atom stereocenters. The number of esters is 3. The second-order valence-corrected chi connectivity index (χ2v) is 20.9. The largest absolute Gasteiger partial charge is 0.462 e. The first-order chi connectivity index (χ1) is 39.5. The van der Waals surface area contributed by atoms with Crippen LogP contribution in [0, 0.1) is 0 Å². The third kappa shape index (κ3) is 63.9. The fourth-order valence-corrected chi connectivity index (χ4v) is 8.48. The predicted octanol–water partition coefficient (Wildman–Crippen LogP) is 22.5. The van der Waals surface area contributed by atoms with Gasteiger partial charge in [0, 0.05) is 19.3 Å². The minimum Gasteiger partial charge on any atom is -0.462 e. The van der Waals surface area contributed by atoms with E-state index in [0.717, 1.165) is 161 Å². The van der Waals surface area contributed by atoms with Gasteiger partial charge in [-0.05, 0) is 128 Å². The van der Waals surface area contributed by atoms with Crippen molar-refractivity contribution in [2.24, 2.45) is 0 Å². The first-order valence-electron chi connectivity index (χ1n) is 32.5. The van der Waals surface area contributed by atoms with Gasteiger partial charge in [0.25, 0.3) is 0 Å². The molecule has 80 heavy (non-hydrogen) atoms. The van der Waals surface area contributed by atoms with Crippen LogP contribution in [0.4, 0.5) is 0 Å². The van der Waals surface area contributed by atoms with Crippen molar-refractivity contribution in [3.8, 4) is 0 Å². The maximum absolute atomic E-state index is 12.9. The lowest BCUT2D eigenvalue weighted by molar-refractivity contribution is -0.167. The Morgan fingerprint density at radius 1 is 0.263 bits per heavy atom. The van der Waals surface area contributed by atoms with Crippen molar-refractivity contribution >= 4 is 17.9 Å². The second kappa shape index (κ2) is 66.5. The van der Waals surface area contributed by atoms with Crippen molar-refractivity contribution < 1.29 is 28.6 Å². The monoisotopic (exact) mass is 1100 g/mol.